The third-order valence-corrected chi connectivity index (χ3v) is 11.2. The molecule has 0 bridgehead atoms. The van der Waals surface area contributed by atoms with Crippen LogP contribution in [0.3, 0.4) is 0 Å². The molecular weight excluding hydrogens is 673 g/mol. The van der Waals surface area contributed by atoms with E-state index in [0.717, 1.165) is 45.1 Å². The van der Waals surface area contributed by atoms with Crippen LogP contribution >= 0.6 is 0 Å². The number of ether oxygens (including phenoxy) is 3. The molecule has 0 spiro atoms. The minimum atomic E-state index is -0.934. The maximum atomic E-state index is 17.6. The van der Waals surface area contributed by atoms with Gasteiger partial charge in [-0.3, -0.25) is 4.90 Å². The second-order valence-electron chi connectivity index (χ2n) is 14.2. The van der Waals surface area contributed by atoms with Gasteiger partial charge in [-0.2, -0.15) is 9.97 Å². The summed E-state index contributed by atoms with van der Waals surface area (Å²) in [6.07, 6.45) is 12.3. The summed E-state index contributed by atoms with van der Waals surface area (Å²) in [7, 11) is 1.49. The van der Waals surface area contributed by atoms with Crippen LogP contribution in [0.5, 0.6) is 11.8 Å². The lowest BCUT2D eigenvalue weighted by Crippen LogP contribution is -2.43. The van der Waals surface area contributed by atoms with Gasteiger partial charge < -0.3 is 19.1 Å². The molecule has 0 amide bonds. The van der Waals surface area contributed by atoms with Gasteiger partial charge in [0, 0.05) is 50.2 Å². The number of alkyl halides is 1. The number of hydrogen-bond donors (Lipinski definition) is 0. The highest BCUT2D eigenvalue weighted by atomic mass is 19.1. The van der Waals surface area contributed by atoms with Crippen molar-refractivity contribution in [3.05, 3.63) is 47.7 Å². The van der Waals surface area contributed by atoms with E-state index >= 15 is 8.78 Å². The van der Waals surface area contributed by atoms with Gasteiger partial charge in [-0.05, 0) is 68.7 Å². The lowest BCUT2D eigenvalue weighted by molar-refractivity contribution is 0.0512. The van der Waals surface area contributed by atoms with Gasteiger partial charge in [-0.25, -0.2) is 22.8 Å². The van der Waals surface area contributed by atoms with Crippen LogP contribution in [-0.4, -0.2) is 92.7 Å². The second-order valence-corrected chi connectivity index (χ2v) is 14.2. The normalized spacial score (nSPS) is 22.7. The molecule has 14 heteroatoms. The summed E-state index contributed by atoms with van der Waals surface area (Å²) in [4.78, 5) is 19.2. The predicted molar refractivity (Wildman–Crippen MR) is 188 cm³/mol. The van der Waals surface area contributed by atoms with E-state index in [1.54, 1.807) is 29.1 Å². The fraction of sp³-hybridized carbons (Fsp3) is 0.447. The lowest BCUT2D eigenvalue weighted by Gasteiger charge is -2.37. The number of terminal acetylenes is 1. The Morgan fingerprint density at radius 3 is 2.77 bits per heavy atom. The first-order valence-corrected chi connectivity index (χ1v) is 17.8. The van der Waals surface area contributed by atoms with Gasteiger partial charge in [-0.15, -0.1) is 11.5 Å². The van der Waals surface area contributed by atoms with Crippen LogP contribution in [0.25, 0.3) is 44.3 Å². The van der Waals surface area contributed by atoms with Crippen molar-refractivity contribution in [3.8, 4) is 46.7 Å². The Labute approximate surface area is 298 Å². The molecule has 1 unspecified atom stereocenters. The summed E-state index contributed by atoms with van der Waals surface area (Å²) in [5, 5.41) is 9.83. The number of piperidine rings is 1. The molecule has 5 aromatic rings. The first kappa shape index (κ1) is 32.9. The molecule has 3 aromatic heterocycles. The lowest BCUT2D eigenvalue weighted by atomic mass is 9.95. The first-order valence-electron chi connectivity index (χ1n) is 17.8. The molecule has 0 saturated carbocycles. The number of aryl methyl sites for hydroxylation is 1. The Hall–Kier alpha value is -5.00. The zero-order chi connectivity index (χ0) is 35.6. The molecule has 3 saturated heterocycles. The summed E-state index contributed by atoms with van der Waals surface area (Å²) >= 11 is 0. The van der Waals surface area contributed by atoms with E-state index < -0.39 is 23.3 Å². The number of hydrogen-bond acceptors (Lipinski definition) is 10. The van der Waals surface area contributed by atoms with Crippen LogP contribution in [0.4, 0.5) is 19.0 Å². The van der Waals surface area contributed by atoms with E-state index in [2.05, 4.69) is 26.0 Å². The highest BCUT2D eigenvalue weighted by Crippen LogP contribution is 2.45. The van der Waals surface area contributed by atoms with Crippen molar-refractivity contribution in [2.45, 2.75) is 69.2 Å². The largest absolute Gasteiger partial charge is 0.468 e. The molecule has 3 atom stereocenters. The Morgan fingerprint density at radius 1 is 1.00 bits per heavy atom. The van der Waals surface area contributed by atoms with Crippen molar-refractivity contribution in [2.24, 2.45) is 0 Å². The minimum Gasteiger partial charge on any atom is -0.468 e. The smallest absolute Gasteiger partial charge is 0.319 e. The third-order valence-electron chi connectivity index (χ3n) is 11.2. The van der Waals surface area contributed by atoms with E-state index in [4.69, 9.17) is 35.6 Å². The molecule has 268 valence electrons. The van der Waals surface area contributed by atoms with Gasteiger partial charge in [0.2, 0.25) is 0 Å². The van der Waals surface area contributed by atoms with Crippen molar-refractivity contribution in [1.82, 2.24) is 34.8 Å². The van der Waals surface area contributed by atoms with Crippen LogP contribution in [-0.2, 0) is 11.3 Å². The number of pyridine rings is 1. The number of benzene rings is 2. The Bertz CT molecular complexity index is 2260. The SMILES string of the molecule is C#Cc1c(F)ccc2cc(OCOC)cc(-c3nc4c5c(nc(OC[C@@]67CCCN6C[C@H](F)C7)nc5c3F)N3CCCCC3CCn3nncc3-4)c12. The van der Waals surface area contributed by atoms with Crippen molar-refractivity contribution < 1.29 is 27.4 Å². The molecule has 11 nitrogen and oxygen atoms in total. The van der Waals surface area contributed by atoms with Crippen molar-refractivity contribution in [2.75, 3.05) is 45.0 Å². The van der Waals surface area contributed by atoms with Crippen LogP contribution < -0.4 is 14.4 Å². The predicted octanol–water partition coefficient (Wildman–Crippen LogP) is 6.06. The Balaban J connectivity index is 1.32. The molecule has 2 aromatic carbocycles. The van der Waals surface area contributed by atoms with E-state index in [9.17, 15) is 4.39 Å². The van der Waals surface area contributed by atoms with Gasteiger partial charge in [0.1, 0.15) is 52.8 Å². The summed E-state index contributed by atoms with van der Waals surface area (Å²) < 4.78 is 66.8. The highest BCUT2D eigenvalue weighted by molar-refractivity contribution is 6.06. The Morgan fingerprint density at radius 2 is 1.90 bits per heavy atom. The number of nitrogens with zero attached hydrogens (tertiary/aromatic N) is 8. The Kier molecular flexibility index (Phi) is 8.15. The monoisotopic (exact) mass is 710 g/mol. The average molecular weight is 711 g/mol. The first-order chi connectivity index (χ1) is 25.4. The van der Waals surface area contributed by atoms with E-state index in [1.807, 2.05) is 0 Å². The molecule has 0 N–H and O–H groups in total. The summed E-state index contributed by atoms with van der Waals surface area (Å²) in [6.45, 7) is 2.54. The number of aromatic nitrogens is 6. The second kappa shape index (κ2) is 12.9. The van der Waals surface area contributed by atoms with E-state index in [1.165, 1.54) is 13.2 Å². The van der Waals surface area contributed by atoms with Crippen molar-refractivity contribution in [3.63, 3.8) is 0 Å². The maximum Gasteiger partial charge on any atom is 0.319 e. The van der Waals surface area contributed by atoms with E-state index in [0.29, 0.717) is 65.2 Å². The number of methoxy groups -OCH3 is 1. The fourth-order valence-corrected chi connectivity index (χ4v) is 8.83. The quantitative estimate of drug-likeness (QED) is 0.146. The van der Waals surface area contributed by atoms with Crippen LogP contribution in [0.1, 0.15) is 50.5 Å². The van der Waals surface area contributed by atoms with Gasteiger partial charge in [0.05, 0.1) is 22.7 Å². The molecule has 52 heavy (non-hydrogen) atoms. The van der Waals surface area contributed by atoms with Crippen LogP contribution in [0.2, 0.25) is 0 Å². The zero-order valence-corrected chi connectivity index (χ0v) is 28.7. The van der Waals surface area contributed by atoms with Crippen molar-refractivity contribution in [1.29, 1.82) is 0 Å². The maximum absolute atomic E-state index is 17.6. The minimum absolute atomic E-state index is 0.000584. The molecule has 7 heterocycles. The summed E-state index contributed by atoms with van der Waals surface area (Å²) in [5.74, 6) is 1.93. The molecule has 0 radical (unpaired) electrons. The molecule has 3 fully saturated rings. The number of anilines is 1. The molecule has 9 rings (SSSR count). The number of fused-ring (bicyclic) bond motifs is 6. The molecule has 4 aliphatic rings. The van der Waals surface area contributed by atoms with Gasteiger partial charge >= 0.3 is 6.01 Å². The van der Waals surface area contributed by atoms with Gasteiger partial charge in [0.25, 0.3) is 0 Å². The number of halogens is 3. The molecule has 4 aliphatic heterocycles. The number of rotatable bonds is 7. The highest BCUT2D eigenvalue weighted by Gasteiger charge is 2.49. The summed E-state index contributed by atoms with van der Waals surface area (Å²) in [5.41, 5.74) is 0.503. The van der Waals surface area contributed by atoms with E-state index in [-0.39, 0.29) is 47.8 Å². The zero-order valence-electron chi connectivity index (χ0n) is 28.7. The van der Waals surface area contributed by atoms with Gasteiger partial charge in [0.15, 0.2) is 12.6 Å². The average Bonchev–Trinajstić information content (AvgIpc) is 3.86. The van der Waals surface area contributed by atoms with Crippen molar-refractivity contribution >= 4 is 27.5 Å². The van der Waals surface area contributed by atoms with Crippen LogP contribution in [0, 0.1) is 24.0 Å². The van der Waals surface area contributed by atoms with Gasteiger partial charge in [-0.1, -0.05) is 17.2 Å². The topological polar surface area (TPSA) is 104 Å². The standard InChI is InChI=1S/C38H37F3N8O3/c1-3-26-28(40)9-8-22-15-25(52-21-50-2)16-27(30(22)26)33-32(41)35-31-34(43-33)29-18-42-46-49(29)14-10-24-7-4-5-13-48(24)36(31)45-37(44-35)51-20-38-11-6-12-47(38)19-23(39)17-38/h1,8-9,15-16,18,23-24H,4-7,10-14,17,19-21H2,2H3/t23-,24?,38+/m1/s1. The molecule has 0 aliphatic carbocycles. The van der Waals surface area contributed by atoms with Crippen LogP contribution in [0.15, 0.2) is 30.5 Å². The fourth-order valence-electron chi connectivity index (χ4n) is 8.83. The summed E-state index contributed by atoms with van der Waals surface area (Å²) in [6, 6.07) is 6.21. The third kappa shape index (κ3) is 5.32. The molecular formula is C38H37F3N8O3.